The Hall–Kier alpha value is -3.41. The highest BCUT2D eigenvalue weighted by atomic mass is 16.5. The first-order valence-corrected chi connectivity index (χ1v) is 9.36. The monoisotopic (exact) mass is 416 g/mol. The van der Waals surface area contributed by atoms with Crippen LogP contribution in [0, 0.1) is 0 Å². The Bertz CT molecular complexity index is 732. The Balaban J connectivity index is 0. The number of carboxylic acid groups (broad SMARTS) is 2. The maximum atomic E-state index is 10.7. The van der Waals surface area contributed by atoms with Crippen molar-refractivity contribution in [3.63, 3.8) is 0 Å². The highest BCUT2D eigenvalue weighted by Crippen LogP contribution is 2.05. The van der Waals surface area contributed by atoms with Crippen LogP contribution >= 0.6 is 0 Å². The van der Waals surface area contributed by atoms with Gasteiger partial charge in [-0.15, -0.1) is 0 Å². The van der Waals surface area contributed by atoms with E-state index in [9.17, 15) is 14.4 Å². The smallest absolute Gasteiger partial charge is 0.333 e. The third-order valence-corrected chi connectivity index (χ3v) is 3.22. The zero-order chi connectivity index (χ0) is 23.5. The molecular weight excluding hydrogens is 384 g/mol. The molecular formula is C24H32O6. The van der Waals surface area contributed by atoms with E-state index in [-0.39, 0.29) is 17.1 Å². The SMILES string of the molecule is C=C(C)C(=O)O.C=C(C)C(=O)OCCCC.C=C(CC=Cc1ccccc1)C(=O)O. The molecule has 0 saturated heterocycles. The number of hydrogen-bond acceptors (Lipinski definition) is 4. The highest BCUT2D eigenvalue weighted by Gasteiger charge is 2.00. The van der Waals surface area contributed by atoms with Gasteiger partial charge < -0.3 is 14.9 Å². The molecule has 1 aromatic carbocycles. The molecule has 0 aromatic heterocycles. The molecule has 1 rings (SSSR count). The number of esters is 1. The number of benzene rings is 1. The molecule has 0 amide bonds. The van der Waals surface area contributed by atoms with Crippen LogP contribution in [0.4, 0.5) is 0 Å². The number of hydrogen-bond donors (Lipinski definition) is 2. The van der Waals surface area contributed by atoms with Gasteiger partial charge in [-0.25, -0.2) is 14.4 Å². The molecule has 6 heteroatoms. The zero-order valence-electron chi connectivity index (χ0n) is 18.0. The average molecular weight is 417 g/mol. The van der Waals surface area contributed by atoms with Crippen molar-refractivity contribution in [1.82, 2.24) is 0 Å². The molecule has 0 aliphatic rings. The predicted octanol–water partition coefficient (Wildman–Crippen LogP) is 5.28. The number of ether oxygens (including phenoxy) is 1. The normalized spacial score (nSPS) is 9.30. The Morgan fingerprint density at radius 2 is 1.50 bits per heavy atom. The second-order valence-corrected chi connectivity index (χ2v) is 6.28. The maximum absolute atomic E-state index is 10.7. The van der Waals surface area contributed by atoms with Gasteiger partial charge in [-0.1, -0.05) is 75.6 Å². The molecule has 0 spiro atoms. The quantitative estimate of drug-likeness (QED) is 0.322. The van der Waals surface area contributed by atoms with E-state index in [2.05, 4.69) is 26.7 Å². The van der Waals surface area contributed by atoms with E-state index >= 15 is 0 Å². The van der Waals surface area contributed by atoms with Gasteiger partial charge >= 0.3 is 17.9 Å². The Morgan fingerprint density at radius 1 is 0.967 bits per heavy atom. The van der Waals surface area contributed by atoms with Gasteiger partial charge in [0.15, 0.2) is 0 Å². The highest BCUT2D eigenvalue weighted by molar-refractivity contribution is 5.87. The summed E-state index contributed by atoms with van der Waals surface area (Å²) in [6.07, 6.45) is 6.03. The minimum atomic E-state index is -0.942. The van der Waals surface area contributed by atoms with Crippen LogP contribution in [0.1, 0.15) is 45.6 Å². The van der Waals surface area contributed by atoms with Crippen molar-refractivity contribution in [1.29, 1.82) is 0 Å². The fourth-order valence-corrected chi connectivity index (χ4v) is 1.42. The van der Waals surface area contributed by atoms with Crippen LogP contribution in [0.3, 0.4) is 0 Å². The van der Waals surface area contributed by atoms with Crippen LogP contribution in [0.2, 0.25) is 0 Å². The molecule has 1 aromatic rings. The van der Waals surface area contributed by atoms with Crippen molar-refractivity contribution in [2.45, 2.75) is 40.0 Å². The minimum absolute atomic E-state index is 0.176. The summed E-state index contributed by atoms with van der Waals surface area (Å²) < 4.78 is 4.81. The number of carbonyl (C=O) groups excluding carboxylic acids is 1. The molecule has 0 bridgehead atoms. The van der Waals surface area contributed by atoms with Gasteiger partial charge in [0.1, 0.15) is 0 Å². The lowest BCUT2D eigenvalue weighted by Gasteiger charge is -2.01. The van der Waals surface area contributed by atoms with E-state index < -0.39 is 11.9 Å². The van der Waals surface area contributed by atoms with E-state index in [0.717, 1.165) is 18.4 Å². The topological polar surface area (TPSA) is 101 Å². The molecule has 0 heterocycles. The largest absolute Gasteiger partial charge is 0.478 e. The average Bonchev–Trinajstić information content (AvgIpc) is 2.69. The summed E-state index contributed by atoms with van der Waals surface area (Å²) in [6, 6.07) is 9.73. The summed E-state index contributed by atoms with van der Waals surface area (Å²) >= 11 is 0. The molecule has 0 aliphatic heterocycles. The van der Waals surface area contributed by atoms with Crippen LogP contribution in [0.5, 0.6) is 0 Å². The van der Waals surface area contributed by atoms with Crippen molar-refractivity contribution < 1.29 is 29.3 Å². The standard InChI is InChI=1S/C12H12O2.C8H14O2.C4H6O2/c1-10(12(13)14)6-5-9-11-7-3-2-4-8-11;1-4-5-6-10-8(9)7(2)3;1-3(2)4(5)6/h2-5,7-9H,1,6H2,(H,13,14);2,4-6H2,1,3H3;1H2,2H3,(H,5,6). The third-order valence-electron chi connectivity index (χ3n) is 3.22. The molecule has 0 fully saturated rings. The molecule has 164 valence electrons. The molecule has 0 atom stereocenters. The zero-order valence-corrected chi connectivity index (χ0v) is 18.0. The number of carboxylic acids is 2. The van der Waals surface area contributed by atoms with Gasteiger partial charge in [-0.3, -0.25) is 0 Å². The van der Waals surface area contributed by atoms with Gasteiger partial charge in [-0.05, 0) is 32.3 Å². The first-order chi connectivity index (χ1) is 14.0. The van der Waals surface area contributed by atoms with Crippen LogP contribution < -0.4 is 0 Å². The van der Waals surface area contributed by atoms with Crippen LogP contribution in [0.15, 0.2) is 72.9 Å². The van der Waals surface area contributed by atoms with E-state index in [1.165, 1.54) is 6.92 Å². The number of rotatable bonds is 9. The van der Waals surface area contributed by atoms with Gasteiger partial charge in [-0.2, -0.15) is 0 Å². The van der Waals surface area contributed by atoms with E-state index in [1.807, 2.05) is 36.4 Å². The van der Waals surface area contributed by atoms with Crippen LogP contribution in [-0.4, -0.2) is 34.7 Å². The first-order valence-electron chi connectivity index (χ1n) is 9.36. The lowest BCUT2D eigenvalue weighted by Crippen LogP contribution is -2.05. The second kappa shape index (κ2) is 17.7. The molecule has 6 nitrogen and oxygen atoms in total. The first kappa shape index (κ1) is 28.8. The minimum Gasteiger partial charge on any atom is -0.478 e. The molecule has 0 aliphatic carbocycles. The lowest BCUT2D eigenvalue weighted by molar-refractivity contribution is -0.139. The maximum Gasteiger partial charge on any atom is 0.333 e. The summed E-state index contributed by atoms with van der Waals surface area (Å²) in [5, 5.41) is 16.4. The van der Waals surface area contributed by atoms with Gasteiger partial charge in [0.2, 0.25) is 0 Å². The van der Waals surface area contributed by atoms with E-state index in [4.69, 9.17) is 14.9 Å². The van der Waals surface area contributed by atoms with Gasteiger partial charge in [0.25, 0.3) is 0 Å². The summed E-state index contributed by atoms with van der Waals surface area (Å²) in [5.74, 6) is -2.16. The van der Waals surface area contributed by atoms with Crippen molar-refractivity contribution >= 4 is 24.0 Å². The Kier molecular flexibility index (Phi) is 17.0. The number of unbranched alkanes of at least 4 members (excludes halogenated alkanes) is 1. The number of aliphatic carboxylic acids is 2. The lowest BCUT2D eigenvalue weighted by atomic mass is 10.1. The molecule has 30 heavy (non-hydrogen) atoms. The summed E-state index contributed by atoms with van der Waals surface area (Å²) in [5.41, 5.74) is 1.91. The van der Waals surface area contributed by atoms with Crippen LogP contribution in [-0.2, 0) is 19.1 Å². The fraction of sp³-hybridized carbons (Fsp3) is 0.292. The van der Waals surface area contributed by atoms with Gasteiger partial charge in [0.05, 0.1) is 6.61 Å². The molecule has 0 unspecified atom stereocenters. The summed E-state index contributed by atoms with van der Waals surface area (Å²) in [7, 11) is 0. The van der Waals surface area contributed by atoms with Crippen molar-refractivity contribution in [3.8, 4) is 0 Å². The van der Waals surface area contributed by atoms with E-state index in [1.54, 1.807) is 13.0 Å². The van der Waals surface area contributed by atoms with Gasteiger partial charge in [0, 0.05) is 16.7 Å². The van der Waals surface area contributed by atoms with Crippen molar-refractivity contribution in [2.75, 3.05) is 6.61 Å². The Morgan fingerprint density at radius 3 is 1.90 bits per heavy atom. The Labute approximate surface area is 178 Å². The second-order valence-electron chi connectivity index (χ2n) is 6.28. The fourth-order valence-electron chi connectivity index (χ4n) is 1.42. The van der Waals surface area contributed by atoms with Crippen LogP contribution in [0.25, 0.3) is 6.08 Å². The third kappa shape index (κ3) is 18.0. The van der Waals surface area contributed by atoms with Crippen molar-refractivity contribution in [3.05, 3.63) is 78.4 Å². The summed E-state index contributed by atoms with van der Waals surface area (Å²) in [6.45, 7) is 15.7. The molecule has 0 saturated carbocycles. The number of carbonyl (C=O) groups is 3. The van der Waals surface area contributed by atoms with Crippen molar-refractivity contribution in [2.24, 2.45) is 0 Å². The molecule has 0 radical (unpaired) electrons. The summed E-state index contributed by atoms with van der Waals surface area (Å²) in [4.78, 5) is 30.7. The number of allylic oxidation sites excluding steroid dienone is 1. The molecule has 2 N–H and O–H groups in total. The van der Waals surface area contributed by atoms with E-state index in [0.29, 0.717) is 18.6 Å². The predicted molar refractivity (Wildman–Crippen MR) is 120 cm³/mol.